The van der Waals surface area contributed by atoms with E-state index in [0.717, 1.165) is 15.5 Å². The van der Waals surface area contributed by atoms with Crippen molar-refractivity contribution in [3.63, 3.8) is 0 Å². The third kappa shape index (κ3) is 23.6. The van der Waals surface area contributed by atoms with Gasteiger partial charge in [-0.3, -0.25) is 57.5 Å². The van der Waals surface area contributed by atoms with Crippen molar-refractivity contribution in [2.24, 2.45) is 41.4 Å². The molecule has 526 valence electrons. The lowest BCUT2D eigenvalue weighted by molar-refractivity contribution is -0.164. The molecule has 0 bridgehead atoms. The van der Waals surface area contributed by atoms with Crippen LogP contribution in [0.25, 0.3) is 0 Å². The Balaban J connectivity index is 3.05. The van der Waals surface area contributed by atoms with Crippen LogP contribution in [-0.2, 0) is 62.3 Å². The zero-order valence-corrected chi connectivity index (χ0v) is 60.4. The van der Waals surface area contributed by atoms with Gasteiger partial charge in [0, 0.05) is 68.5 Å². The van der Waals surface area contributed by atoms with Crippen LogP contribution in [0, 0.1) is 41.4 Å². The van der Waals surface area contributed by atoms with Crippen LogP contribution in [-0.4, -0.2) is 234 Å². The molecule has 0 aliphatic carbocycles. The summed E-state index contributed by atoms with van der Waals surface area (Å²) < 4.78 is 6.04. The van der Waals surface area contributed by atoms with Gasteiger partial charge >= 0.3 is 5.97 Å². The van der Waals surface area contributed by atoms with Gasteiger partial charge in [0.05, 0.1) is 6.54 Å². The zero-order valence-electron chi connectivity index (χ0n) is 60.4. The summed E-state index contributed by atoms with van der Waals surface area (Å²) >= 11 is 0. The van der Waals surface area contributed by atoms with E-state index in [1.165, 1.54) is 94.6 Å². The highest BCUT2D eigenvalue weighted by molar-refractivity contribution is 5.99. The Morgan fingerprint density at radius 3 is 1.41 bits per heavy atom. The molecule has 1 aliphatic heterocycles. The molecule has 1 unspecified atom stereocenters. The number of ether oxygens (including phenoxy) is 1. The third-order valence-electron chi connectivity index (χ3n) is 17.3. The summed E-state index contributed by atoms with van der Waals surface area (Å²) in [6.07, 6.45) is -0.508. The van der Waals surface area contributed by atoms with E-state index < -0.39 is 162 Å². The molecule has 93 heavy (non-hydrogen) atoms. The average Bonchev–Trinajstić information content (AvgIpc) is 0.824. The van der Waals surface area contributed by atoms with Crippen molar-refractivity contribution in [2.45, 2.75) is 223 Å². The lowest BCUT2D eigenvalue weighted by Crippen LogP contribution is -2.64. The Labute approximate surface area is 554 Å². The van der Waals surface area contributed by atoms with Crippen molar-refractivity contribution >= 4 is 76.6 Å². The second-order valence-corrected chi connectivity index (χ2v) is 28.0. The quantitative estimate of drug-likeness (QED) is 0.128. The van der Waals surface area contributed by atoms with E-state index in [1.54, 1.807) is 41.5 Å². The number of rotatable bonds is 18. The molecule has 25 heteroatoms. The molecule has 12 atom stereocenters. The van der Waals surface area contributed by atoms with Gasteiger partial charge in [0.2, 0.25) is 65.0 Å². The Morgan fingerprint density at radius 2 is 0.935 bits per heavy atom. The highest BCUT2D eigenvalue weighted by Gasteiger charge is 2.47. The number of carbonyl (C=O) groups is 12. The lowest BCUT2D eigenvalue weighted by Gasteiger charge is -2.42. The van der Waals surface area contributed by atoms with Crippen LogP contribution in [0.5, 0.6) is 0 Å². The Morgan fingerprint density at radius 1 is 0.495 bits per heavy atom. The predicted octanol–water partition coefficient (Wildman–Crippen LogP) is 4.38. The van der Waals surface area contributed by atoms with Crippen molar-refractivity contribution in [1.82, 2.24) is 55.6 Å². The maximum absolute atomic E-state index is 15.6. The summed E-state index contributed by atoms with van der Waals surface area (Å²) in [4.78, 5) is 184. The second kappa shape index (κ2) is 37.5. The van der Waals surface area contributed by atoms with Crippen molar-refractivity contribution in [3.8, 4) is 0 Å². The Bertz CT molecular complexity index is 2710. The summed E-state index contributed by atoms with van der Waals surface area (Å²) in [5.74, 6) is -10.8. The zero-order chi connectivity index (χ0) is 71.4. The topological polar surface area (TPSA) is 297 Å². The number of hydrogen-bond acceptors (Lipinski definition) is 14. The van der Waals surface area contributed by atoms with E-state index >= 15 is 19.2 Å². The summed E-state index contributed by atoms with van der Waals surface area (Å²) in [7, 11) is 9.90. The number of para-hydroxylation sites is 1. The summed E-state index contributed by atoms with van der Waals surface area (Å²) in [6, 6.07) is -3.28. The molecule has 5 N–H and O–H groups in total. The molecule has 0 saturated carbocycles. The van der Waals surface area contributed by atoms with Crippen LogP contribution >= 0.6 is 0 Å². The Hall–Kier alpha value is -7.34. The minimum Gasteiger partial charge on any atom is -0.459 e. The molecule has 25 nitrogen and oxygen atoms in total. The molecule has 1 aliphatic rings. The minimum atomic E-state index is -1.64. The fourth-order valence-electron chi connectivity index (χ4n) is 11.7. The molecule has 11 amide bonds. The van der Waals surface area contributed by atoms with Crippen LogP contribution < -0.4 is 26.6 Å². The highest BCUT2D eigenvalue weighted by atomic mass is 16.5. The first-order valence-corrected chi connectivity index (χ1v) is 33.1. The fraction of sp³-hybridized carbons (Fsp3) is 0.735. The molecule has 0 spiro atoms. The molecular weight excluding hydrogens is 1190 g/mol. The smallest absolute Gasteiger partial charge is 0.303 e. The van der Waals surface area contributed by atoms with E-state index in [2.05, 4.69) is 26.6 Å². The van der Waals surface area contributed by atoms with Gasteiger partial charge in [-0.25, -0.2) is 0 Å². The maximum Gasteiger partial charge on any atom is 0.303 e. The highest BCUT2D eigenvalue weighted by Crippen LogP contribution is 2.27. The maximum atomic E-state index is 15.6. The molecular formula is C68H116N12O13. The minimum absolute atomic E-state index is 0.0143. The monoisotopic (exact) mass is 1310 g/mol. The molecule has 0 aromatic heterocycles. The van der Waals surface area contributed by atoms with Crippen LogP contribution in [0.1, 0.15) is 156 Å². The van der Waals surface area contributed by atoms with Gasteiger partial charge in [-0.15, -0.1) is 0 Å². The summed E-state index contributed by atoms with van der Waals surface area (Å²) in [6.45, 7) is 29.0. The van der Waals surface area contributed by atoms with Gasteiger partial charge < -0.3 is 65.6 Å². The number of benzene rings is 1. The standard InChI is InChI=1S/C68H116N12O13/c1-25-49-64(88)74(18)37-54(82)75(19)50(33-38(2)3)61(85)73-55(42(10)11)67(91)76(20)51(34-39(4)5)60(84)70-45(15)59(83)71-46(16)63(87)77(21)52(35-40(6)7)65(89)78(22)53(36-41(8)9)66(90)79(23)56(43(12)13)68(92)80(24)57(62(86)72-49)58(93-47(17)81)44(14)31-32-69-48-29-27-26-28-30-48/h26-30,38-46,49-53,55-58,69H,25,31-37H2,1-24H3,(H,70,84)(H,71,83)(H,72,86)(H,73,85)/t44-,45+,46-,49+,50+,51+,52+,53+,55+,56+,57?,58-/m1/s1. The average molecular weight is 1310 g/mol. The first-order valence-electron chi connectivity index (χ1n) is 33.1. The van der Waals surface area contributed by atoms with Crippen LogP contribution in [0.2, 0.25) is 0 Å². The van der Waals surface area contributed by atoms with Gasteiger partial charge in [-0.05, 0) is 106 Å². The first-order chi connectivity index (χ1) is 43.1. The number of nitrogens with one attached hydrogen (secondary N) is 5. The second-order valence-electron chi connectivity index (χ2n) is 28.0. The van der Waals surface area contributed by atoms with E-state index in [0.29, 0.717) is 13.0 Å². The molecule has 1 aromatic rings. The number of amides is 11. The van der Waals surface area contributed by atoms with E-state index in [4.69, 9.17) is 4.74 Å². The van der Waals surface area contributed by atoms with E-state index in [1.807, 2.05) is 85.7 Å². The van der Waals surface area contributed by atoms with Crippen molar-refractivity contribution in [2.75, 3.05) is 67.7 Å². The lowest BCUT2D eigenvalue weighted by atomic mass is 9.91. The summed E-state index contributed by atoms with van der Waals surface area (Å²) in [5.41, 5.74) is 0.807. The number of anilines is 1. The fourth-order valence-corrected chi connectivity index (χ4v) is 11.7. The van der Waals surface area contributed by atoms with Gasteiger partial charge in [-0.1, -0.05) is 115 Å². The SMILES string of the molecule is CC[C@@H]1NC(=O)C([C@H](OC(C)=O)[C@H](C)CCNc2ccccc2)N(C)C(=O)[C@H](C(C)C)N(C)C(=O)[C@H](CC(C)C)N(C)C(=O)[C@H](CC(C)C)N(C)C(=O)[C@@H](C)NC(=O)[C@H](C)NC(=O)[C@H](CC(C)C)N(C)C(=O)[C@H](C(C)C)NC(=O)[C@H](CC(C)C)N(C)C(=O)CN(C)C1=O. The number of esters is 1. The largest absolute Gasteiger partial charge is 0.459 e. The molecule has 1 saturated heterocycles. The van der Waals surface area contributed by atoms with Crippen LogP contribution in [0.3, 0.4) is 0 Å². The van der Waals surface area contributed by atoms with Crippen molar-refractivity contribution < 1.29 is 62.3 Å². The van der Waals surface area contributed by atoms with Gasteiger partial charge in [0.25, 0.3) is 0 Å². The molecule has 1 heterocycles. The van der Waals surface area contributed by atoms with Crippen LogP contribution in [0.15, 0.2) is 30.3 Å². The first kappa shape index (κ1) is 81.8. The van der Waals surface area contributed by atoms with Gasteiger partial charge in [0.1, 0.15) is 66.5 Å². The van der Waals surface area contributed by atoms with E-state index in [-0.39, 0.29) is 55.8 Å². The van der Waals surface area contributed by atoms with Gasteiger partial charge in [0.15, 0.2) is 0 Å². The number of hydrogen-bond donors (Lipinski definition) is 5. The van der Waals surface area contributed by atoms with Crippen molar-refractivity contribution in [1.29, 1.82) is 0 Å². The van der Waals surface area contributed by atoms with Crippen LogP contribution in [0.4, 0.5) is 5.69 Å². The molecule has 0 radical (unpaired) electrons. The molecule has 1 fully saturated rings. The number of nitrogens with zero attached hydrogens (tertiary/aromatic N) is 7. The molecule has 2 rings (SSSR count). The normalized spacial score (nSPS) is 25.4. The van der Waals surface area contributed by atoms with Crippen molar-refractivity contribution in [3.05, 3.63) is 30.3 Å². The predicted molar refractivity (Wildman–Crippen MR) is 358 cm³/mol. The Kier molecular flexibility index (Phi) is 33.0. The number of carbonyl (C=O) groups excluding carboxylic acids is 12. The summed E-state index contributed by atoms with van der Waals surface area (Å²) in [5, 5.41) is 14.4. The third-order valence-corrected chi connectivity index (χ3v) is 17.3. The molecule has 1 aromatic carbocycles. The van der Waals surface area contributed by atoms with E-state index in [9.17, 15) is 38.4 Å². The number of likely N-dealkylation sites (N-methyl/N-ethyl adjacent to an activating group) is 7. The van der Waals surface area contributed by atoms with Gasteiger partial charge in [-0.2, -0.15) is 0 Å².